The third-order valence-corrected chi connectivity index (χ3v) is 3.74. The molecule has 0 rings (SSSR count). The van der Waals surface area contributed by atoms with Crippen molar-refractivity contribution >= 4 is 7.82 Å². The first-order chi connectivity index (χ1) is 8.18. The minimum atomic E-state index is -3.31. The van der Waals surface area contributed by atoms with Crippen LogP contribution in [0.4, 0.5) is 0 Å². The molecule has 0 aromatic rings. The average molecular weight is 290 g/mol. The Labute approximate surface area is 136 Å². The maximum atomic E-state index is 12.2. The van der Waals surface area contributed by atoms with E-state index in [0.717, 1.165) is 38.5 Å². The Kier molecular flexibility index (Phi) is 17.3. The van der Waals surface area contributed by atoms with Gasteiger partial charge in [-0.15, -0.1) is 0 Å². The summed E-state index contributed by atoms with van der Waals surface area (Å²) < 4.78 is 28.0. The van der Waals surface area contributed by atoms with Crippen LogP contribution in [0.25, 0.3) is 0 Å². The SMILES string of the molecule is CCCCOP(=O)(OCCCC)OCCCC.[H-].[Na+]. The van der Waals surface area contributed by atoms with Crippen molar-refractivity contribution in [3.63, 3.8) is 0 Å². The molecule has 0 spiro atoms. The van der Waals surface area contributed by atoms with Crippen LogP contribution in [0.3, 0.4) is 0 Å². The van der Waals surface area contributed by atoms with Crippen LogP contribution >= 0.6 is 7.82 Å². The second kappa shape index (κ2) is 14.5. The van der Waals surface area contributed by atoms with E-state index in [2.05, 4.69) is 20.8 Å². The van der Waals surface area contributed by atoms with Gasteiger partial charge in [0.1, 0.15) is 0 Å². The van der Waals surface area contributed by atoms with Crippen LogP contribution in [0.1, 0.15) is 60.7 Å². The van der Waals surface area contributed by atoms with Gasteiger partial charge in [0.05, 0.1) is 19.8 Å². The molecular formula is C12H28NaO4P. The van der Waals surface area contributed by atoms with Crippen LogP contribution < -0.4 is 29.6 Å². The second-order valence-corrected chi connectivity index (χ2v) is 5.68. The van der Waals surface area contributed by atoms with Gasteiger partial charge in [0, 0.05) is 0 Å². The molecule has 0 aliphatic heterocycles. The molecule has 0 unspecified atom stereocenters. The van der Waals surface area contributed by atoms with E-state index >= 15 is 0 Å². The number of phosphoric ester groups is 1. The Morgan fingerprint density at radius 1 is 0.778 bits per heavy atom. The molecule has 0 aromatic carbocycles. The van der Waals surface area contributed by atoms with Gasteiger partial charge in [-0.1, -0.05) is 40.0 Å². The third kappa shape index (κ3) is 12.2. The largest absolute Gasteiger partial charge is 1.00 e. The summed E-state index contributed by atoms with van der Waals surface area (Å²) in [6.07, 6.45) is 5.63. The second-order valence-electron chi connectivity index (χ2n) is 4.01. The van der Waals surface area contributed by atoms with Crippen molar-refractivity contribution in [2.24, 2.45) is 0 Å². The van der Waals surface area contributed by atoms with Gasteiger partial charge in [0.2, 0.25) is 0 Å². The molecule has 18 heavy (non-hydrogen) atoms. The molecule has 0 aromatic heterocycles. The Bertz CT molecular complexity index is 187. The fraction of sp³-hybridized carbons (Fsp3) is 1.00. The molecule has 0 bridgehead atoms. The van der Waals surface area contributed by atoms with Gasteiger partial charge in [0.15, 0.2) is 0 Å². The Morgan fingerprint density at radius 2 is 1.06 bits per heavy atom. The van der Waals surface area contributed by atoms with Crippen LogP contribution in [-0.4, -0.2) is 19.8 Å². The first-order valence-electron chi connectivity index (χ1n) is 6.72. The summed E-state index contributed by atoms with van der Waals surface area (Å²) in [4.78, 5) is 0. The molecule has 106 valence electrons. The zero-order valence-electron chi connectivity index (χ0n) is 13.4. The molecule has 0 N–H and O–H groups in total. The molecule has 0 radical (unpaired) electrons. The van der Waals surface area contributed by atoms with Gasteiger partial charge in [-0.25, -0.2) is 4.57 Å². The molecule has 0 fully saturated rings. The molecule has 0 heterocycles. The first-order valence-corrected chi connectivity index (χ1v) is 8.18. The number of phosphoric acid groups is 1. The van der Waals surface area contributed by atoms with Gasteiger partial charge in [-0.2, -0.15) is 0 Å². The molecule has 0 atom stereocenters. The quantitative estimate of drug-likeness (QED) is 0.311. The van der Waals surface area contributed by atoms with Crippen LogP contribution in [0.15, 0.2) is 0 Å². The molecule has 0 saturated carbocycles. The van der Waals surface area contributed by atoms with Gasteiger partial charge in [-0.05, 0) is 19.3 Å². The van der Waals surface area contributed by atoms with Crippen molar-refractivity contribution in [1.29, 1.82) is 0 Å². The van der Waals surface area contributed by atoms with Crippen molar-refractivity contribution in [2.75, 3.05) is 19.8 Å². The maximum absolute atomic E-state index is 12.2. The first kappa shape index (κ1) is 21.4. The zero-order chi connectivity index (χ0) is 13.0. The molecule has 4 nitrogen and oxygen atoms in total. The van der Waals surface area contributed by atoms with E-state index in [-0.39, 0.29) is 31.0 Å². The van der Waals surface area contributed by atoms with E-state index < -0.39 is 7.82 Å². The smallest absolute Gasteiger partial charge is 1.00 e. The summed E-state index contributed by atoms with van der Waals surface area (Å²) in [6, 6.07) is 0. The Hall–Kier alpha value is 1.11. The minimum absolute atomic E-state index is 0. The fourth-order valence-corrected chi connectivity index (χ4v) is 2.36. The van der Waals surface area contributed by atoms with Crippen molar-refractivity contribution in [3.8, 4) is 0 Å². The number of hydrogen-bond donors (Lipinski definition) is 0. The molecule has 0 aliphatic rings. The zero-order valence-corrected chi connectivity index (χ0v) is 15.3. The minimum Gasteiger partial charge on any atom is -1.00 e. The predicted octanol–water partition coefficient (Wildman–Crippen LogP) is 1.66. The Balaban J connectivity index is -0.00000128. The summed E-state index contributed by atoms with van der Waals surface area (Å²) in [5, 5.41) is 0. The van der Waals surface area contributed by atoms with Crippen molar-refractivity contribution in [2.45, 2.75) is 59.3 Å². The van der Waals surface area contributed by atoms with Gasteiger partial charge in [0.25, 0.3) is 0 Å². The van der Waals surface area contributed by atoms with Gasteiger partial charge < -0.3 is 1.43 Å². The van der Waals surface area contributed by atoms with Crippen LogP contribution in [0, 0.1) is 0 Å². The number of unbranched alkanes of at least 4 members (excludes halogenated alkanes) is 3. The topological polar surface area (TPSA) is 44.8 Å². The van der Waals surface area contributed by atoms with E-state index in [4.69, 9.17) is 13.6 Å². The van der Waals surface area contributed by atoms with Crippen LogP contribution in [0.5, 0.6) is 0 Å². The predicted molar refractivity (Wildman–Crippen MR) is 71.3 cm³/mol. The van der Waals surface area contributed by atoms with Crippen LogP contribution in [-0.2, 0) is 18.1 Å². The summed E-state index contributed by atoms with van der Waals surface area (Å²) in [7, 11) is -3.31. The van der Waals surface area contributed by atoms with E-state index in [1.807, 2.05) is 0 Å². The molecular weight excluding hydrogens is 262 g/mol. The summed E-state index contributed by atoms with van der Waals surface area (Å²) in [5.41, 5.74) is 0. The van der Waals surface area contributed by atoms with E-state index in [0.29, 0.717) is 19.8 Å². The van der Waals surface area contributed by atoms with Gasteiger partial charge >= 0.3 is 37.4 Å². The van der Waals surface area contributed by atoms with Gasteiger partial charge in [-0.3, -0.25) is 13.6 Å². The molecule has 0 amide bonds. The standard InChI is InChI=1S/C12H27O4P.Na.H/c1-4-7-10-14-17(13,15-11-8-5-2)16-12-9-6-3;;/h4-12H2,1-3H3;;/q;+1;-1. The molecule has 6 heteroatoms. The van der Waals surface area contributed by atoms with Crippen molar-refractivity contribution in [1.82, 2.24) is 0 Å². The van der Waals surface area contributed by atoms with E-state index in [1.54, 1.807) is 0 Å². The number of hydrogen-bond acceptors (Lipinski definition) is 4. The summed E-state index contributed by atoms with van der Waals surface area (Å²) in [5.74, 6) is 0. The molecule has 0 saturated heterocycles. The third-order valence-electron chi connectivity index (χ3n) is 2.24. The van der Waals surface area contributed by atoms with E-state index in [9.17, 15) is 4.57 Å². The fourth-order valence-electron chi connectivity index (χ4n) is 1.07. The number of rotatable bonds is 12. The monoisotopic (exact) mass is 290 g/mol. The van der Waals surface area contributed by atoms with Crippen LogP contribution in [0.2, 0.25) is 0 Å². The maximum Gasteiger partial charge on any atom is 1.00 e. The summed E-state index contributed by atoms with van der Waals surface area (Å²) >= 11 is 0. The normalized spacial score (nSPS) is 11.3. The summed E-state index contributed by atoms with van der Waals surface area (Å²) in [6.45, 7) is 7.49. The molecule has 0 aliphatic carbocycles. The average Bonchev–Trinajstić information content (AvgIpc) is 2.30. The van der Waals surface area contributed by atoms with Crippen molar-refractivity contribution < 1.29 is 49.1 Å². The van der Waals surface area contributed by atoms with E-state index in [1.165, 1.54) is 0 Å². The van der Waals surface area contributed by atoms with Crippen molar-refractivity contribution in [3.05, 3.63) is 0 Å². The Morgan fingerprint density at radius 3 is 1.28 bits per heavy atom.